The van der Waals surface area contributed by atoms with Crippen LogP contribution in [0.15, 0.2) is 0 Å². The summed E-state index contributed by atoms with van der Waals surface area (Å²) >= 11 is 3.01. The van der Waals surface area contributed by atoms with E-state index in [0.29, 0.717) is 23.0 Å². The van der Waals surface area contributed by atoms with E-state index in [2.05, 4.69) is 17.6 Å². The number of thiophene rings is 1. The van der Waals surface area contributed by atoms with Gasteiger partial charge in [0.1, 0.15) is 5.00 Å². The number of thioether (sulfide) groups is 1. The van der Waals surface area contributed by atoms with Gasteiger partial charge in [-0.25, -0.2) is 9.59 Å². The molecule has 7 heteroatoms. The van der Waals surface area contributed by atoms with Crippen molar-refractivity contribution < 1.29 is 14.7 Å². The van der Waals surface area contributed by atoms with Crippen molar-refractivity contribution in [3.8, 4) is 0 Å². The molecule has 0 saturated heterocycles. The molecule has 0 bridgehead atoms. The summed E-state index contributed by atoms with van der Waals surface area (Å²) in [5.41, 5.74) is 0.883. The van der Waals surface area contributed by atoms with E-state index in [1.165, 1.54) is 11.3 Å². The minimum absolute atomic E-state index is 0.180. The first-order valence-electron chi connectivity index (χ1n) is 6.23. The first kappa shape index (κ1) is 16.8. The smallest absolute Gasteiger partial charge is 0.338 e. The summed E-state index contributed by atoms with van der Waals surface area (Å²) in [5.74, 6) is 0.331. The third kappa shape index (κ3) is 4.42. The number of carboxylic acid groups (broad SMARTS) is 1. The molecule has 0 fully saturated rings. The number of carbonyl (C=O) groups is 2. The summed E-state index contributed by atoms with van der Waals surface area (Å²) in [4.78, 5) is 23.9. The van der Waals surface area contributed by atoms with Crippen molar-refractivity contribution >= 4 is 40.1 Å². The van der Waals surface area contributed by atoms with Gasteiger partial charge >= 0.3 is 12.0 Å². The highest BCUT2D eigenvalue weighted by Gasteiger charge is 2.20. The highest BCUT2D eigenvalue weighted by Crippen LogP contribution is 2.32. The van der Waals surface area contributed by atoms with Crippen molar-refractivity contribution in [3.05, 3.63) is 16.0 Å². The predicted molar refractivity (Wildman–Crippen MR) is 85.3 cm³/mol. The Kier molecular flexibility index (Phi) is 6.35. The maximum atomic E-state index is 11.8. The van der Waals surface area contributed by atoms with E-state index in [9.17, 15) is 14.7 Å². The monoisotopic (exact) mass is 316 g/mol. The van der Waals surface area contributed by atoms with Crippen LogP contribution in [0.1, 0.15) is 27.7 Å². The number of urea groups is 1. The second-order valence-electron chi connectivity index (χ2n) is 4.69. The largest absolute Gasteiger partial charge is 0.478 e. The zero-order valence-corrected chi connectivity index (χ0v) is 13.7. The molecule has 5 nitrogen and oxygen atoms in total. The zero-order valence-electron chi connectivity index (χ0n) is 12.1. The van der Waals surface area contributed by atoms with E-state index in [4.69, 9.17) is 0 Å². The standard InChI is InChI=1S/C13H20N2O3S2/c1-7(6-19-4)5-14-13(18)15-11-10(12(16)17)8(2)9(3)20-11/h7H,5-6H2,1-4H3,(H,16,17)(H2,14,15,18). The summed E-state index contributed by atoms with van der Waals surface area (Å²) in [6.07, 6.45) is 2.02. The third-order valence-electron chi connectivity index (χ3n) is 2.89. The average molecular weight is 316 g/mol. The third-order valence-corrected chi connectivity index (χ3v) is 4.91. The normalized spacial score (nSPS) is 12.0. The number of amides is 2. The number of nitrogens with one attached hydrogen (secondary N) is 2. The Labute approximate surface area is 127 Å². The highest BCUT2D eigenvalue weighted by molar-refractivity contribution is 7.98. The molecule has 2 amide bonds. The topological polar surface area (TPSA) is 78.4 Å². The maximum Gasteiger partial charge on any atom is 0.338 e. The summed E-state index contributed by atoms with van der Waals surface area (Å²) in [6.45, 7) is 6.21. The molecule has 1 aromatic rings. The van der Waals surface area contributed by atoms with Crippen molar-refractivity contribution in [1.82, 2.24) is 5.32 Å². The van der Waals surface area contributed by atoms with Gasteiger partial charge in [0.25, 0.3) is 0 Å². The lowest BCUT2D eigenvalue weighted by molar-refractivity contribution is 0.0697. The van der Waals surface area contributed by atoms with Gasteiger partial charge in [-0.2, -0.15) is 11.8 Å². The summed E-state index contributed by atoms with van der Waals surface area (Å²) in [5, 5.41) is 15.0. The Bertz CT molecular complexity index is 500. The van der Waals surface area contributed by atoms with Crippen molar-refractivity contribution in [2.75, 3.05) is 23.9 Å². The van der Waals surface area contributed by atoms with Crippen LogP contribution < -0.4 is 10.6 Å². The minimum atomic E-state index is -1.02. The molecule has 20 heavy (non-hydrogen) atoms. The van der Waals surface area contributed by atoms with E-state index in [-0.39, 0.29) is 11.6 Å². The molecule has 0 radical (unpaired) electrons. The van der Waals surface area contributed by atoms with Crippen LogP contribution in [0, 0.1) is 19.8 Å². The van der Waals surface area contributed by atoms with Gasteiger partial charge in [-0.3, -0.25) is 5.32 Å². The van der Waals surface area contributed by atoms with Gasteiger partial charge in [0, 0.05) is 11.4 Å². The lowest BCUT2D eigenvalue weighted by Crippen LogP contribution is -2.33. The average Bonchev–Trinajstić information content (AvgIpc) is 2.62. The molecular weight excluding hydrogens is 296 g/mol. The number of carbonyl (C=O) groups excluding carboxylic acids is 1. The minimum Gasteiger partial charge on any atom is -0.478 e. The fourth-order valence-electron chi connectivity index (χ4n) is 1.73. The van der Waals surface area contributed by atoms with Gasteiger partial charge in [-0.15, -0.1) is 11.3 Å². The van der Waals surface area contributed by atoms with Crippen molar-refractivity contribution in [2.45, 2.75) is 20.8 Å². The molecule has 0 aliphatic carbocycles. The molecule has 0 aromatic carbocycles. The Morgan fingerprint density at radius 3 is 2.60 bits per heavy atom. The summed E-state index contributed by atoms with van der Waals surface area (Å²) in [7, 11) is 0. The Morgan fingerprint density at radius 1 is 1.40 bits per heavy atom. The fourth-order valence-corrected chi connectivity index (χ4v) is 3.46. The number of carboxylic acids is 1. The van der Waals surface area contributed by atoms with Gasteiger partial charge in [-0.05, 0) is 37.3 Å². The van der Waals surface area contributed by atoms with E-state index < -0.39 is 5.97 Å². The van der Waals surface area contributed by atoms with Crippen LogP contribution in [0.3, 0.4) is 0 Å². The molecule has 1 heterocycles. The number of aromatic carboxylic acids is 1. The van der Waals surface area contributed by atoms with Crippen LogP contribution >= 0.6 is 23.1 Å². The lowest BCUT2D eigenvalue weighted by Gasteiger charge is -2.11. The number of hydrogen-bond donors (Lipinski definition) is 3. The second kappa shape index (κ2) is 7.54. The van der Waals surface area contributed by atoms with Crippen molar-refractivity contribution in [1.29, 1.82) is 0 Å². The molecule has 0 aliphatic rings. The Hall–Kier alpha value is -1.21. The van der Waals surface area contributed by atoms with E-state index in [1.807, 2.05) is 13.2 Å². The van der Waals surface area contributed by atoms with Gasteiger partial charge in [0.2, 0.25) is 0 Å². The van der Waals surface area contributed by atoms with Crippen LogP contribution in [0.2, 0.25) is 0 Å². The number of rotatable bonds is 6. The summed E-state index contributed by atoms with van der Waals surface area (Å²) in [6, 6.07) is -0.360. The molecule has 1 unspecified atom stereocenters. The number of hydrogen-bond acceptors (Lipinski definition) is 4. The second-order valence-corrected chi connectivity index (χ2v) is 6.82. The molecule has 0 aliphatic heterocycles. The molecule has 3 N–H and O–H groups in total. The highest BCUT2D eigenvalue weighted by atomic mass is 32.2. The Balaban J connectivity index is 2.67. The SMILES string of the molecule is CSCC(C)CNC(=O)Nc1sc(C)c(C)c1C(=O)O. The molecular formula is C13H20N2O3S2. The predicted octanol–water partition coefficient (Wildman–Crippen LogP) is 3.18. The van der Waals surface area contributed by atoms with E-state index in [1.54, 1.807) is 18.7 Å². The van der Waals surface area contributed by atoms with Gasteiger partial charge in [0.15, 0.2) is 0 Å². The van der Waals surface area contributed by atoms with Crippen molar-refractivity contribution in [2.24, 2.45) is 5.92 Å². The summed E-state index contributed by atoms with van der Waals surface area (Å²) < 4.78 is 0. The van der Waals surface area contributed by atoms with Crippen LogP contribution in [0.4, 0.5) is 9.80 Å². The van der Waals surface area contributed by atoms with Crippen LogP contribution in [-0.2, 0) is 0 Å². The van der Waals surface area contributed by atoms with Gasteiger partial charge < -0.3 is 10.4 Å². The zero-order chi connectivity index (χ0) is 15.3. The first-order valence-corrected chi connectivity index (χ1v) is 8.44. The molecule has 0 saturated carbocycles. The molecule has 0 spiro atoms. The first-order chi connectivity index (χ1) is 9.36. The van der Waals surface area contributed by atoms with Gasteiger partial charge in [0.05, 0.1) is 5.56 Å². The fraction of sp³-hybridized carbons (Fsp3) is 0.538. The van der Waals surface area contributed by atoms with Crippen LogP contribution in [0.5, 0.6) is 0 Å². The quantitative estimate of drug-likeness (QED) is 0.753. The van der Waals surface area contributed by atoms with Crippen LogP contribution in [0.25, 0.3) is 0 Å². The number of anilines is 1. The van der Waals surface area contributed by atoms with Crippen LogP contribution in [-0.4, -0.2) is 35.7 Å². The lowest BCUT2D eigenvalue weighted by atomic mass is 10.1. The van der Waals surface area contributed by atoms with Crippen molar-refractivity contribution in [3.63, 3.8) is 0 Å². The molecule has 1 atom stereocenters. The molecule has 1 rings (SSSR count). The Morgan fingerprint density at radius 2 is 2.05 bits per heavy atom. The number of aryl methyl sites for hydroxylation is 1. The molecule has 112 valence electrons. The van der Waals surface area contributed by atoms with E-state index in [0.717, 1.165) is 10.6 Å². The molecule has 1 aromatic heterocycles. The maximum absolute atomic E-state index is 11.8. The van der Waals surface area contributed by atoms with E-state index >= 15 is 0 Å². The van der Waals surface area contributed by atoms with Gasteiger partial charge in [-0.1, -0.05) is 6.92 Å².